The zero-order chi connectivity index (χ0) is 7.11. The molecular formula is C6H7BO2. The van der Waals surface area contributed by atoms with E-state index in [1.54, 1.807) is 0 Å². The van der Waals surface area contributed by atoms with E-state index in [0.717, 1.165) is 0 Å². The minimum Gasteiger partial charge on any atom is -0.478 e. The molecule has 0 amide bonds. The molecule has 0 aliphatic heterocycles. The van der Waals surface area contributed by atoms with E-state index in [4.69, 9.17) is 7.85 Å². The molecule has 2 nitrogen and oxygen atoms in total. The van der Waals surface area contributed by atoms with Crippen LogP contribution in [0.3, 0.4) is 0 Å². The second-order valence-corrected chi connectivity index (χ2v) is 1.16. The molecule has 0 heterocycles. The van der Waals surface area contributed by atoms with Gasteiger partial charge in [-0.1, -0.05) is 13.2 Å². The molecule has 9 heavy (non-hydrogen) atoms. The van der Waals surface area contributed by atoms with Gasteiger partial charge in [0.05, 0.1) is 6.26 Å². The SMILES string of the molecule is [B]C(=C)O/C=C/OC=C. The molecule has 2 radical (unpaired) electrons. The van der Waals surface area contributed by atoms with Crippen LogP contribution in [0.2, 0.25) is 0 Å². The third-order valence-electron chi connectivity index (χ3n) is 0.450. The summed E-state index contributed by atoms with van der Waals surface area (Å²) in [5.74, 6) is 0. The van der Waals surface area contributed by atoms with Crippen LogP contribution in [0.25, 0.3) is 0 Å². The van der Waals surface area contributed by atoms with Gasteiger partial charge in [0.1, 0.15) is 12.5 Å². The second kappa shape index (κ2) is 5.03. The predicted molar refractivity (Wildman–Crippen MR) is 36.4 cm³/mol. The summed E-state index contributed by atoms with van der Waals surface area (Å²) in [7, 11) is 5.03. The van der Waals surface area contributed by atoms with Gasteiger partial charge in [-0.25, -0.2) is 0 Å². The van der Waals surface area contributed by atoms with Crippen molar-refractivity contribution in [3.05, 3.63) is 37.6 Å². The summed E-state index contributed by atoms with van der Waals surface area (Å²) in [5.41, 5.74) is 0.124. The number of ether oxygens (including phenoxy) is 2. The molecule has 0 spiro atoms. The molecule has 0 aliphatic carbocycles. The van der Waals surface area contributed by atoms with Gasteiger partial charge in [-0.2, -0.15) is 0 Å². The van der Waals surface area contributed by atoms with Crippen LogP contribution in [0.5, 0.6) is 0 Å². The Hall–Kier alpha value is -1.12. The fraction of sp³-hybridized carbons (Fsp3) is 0. The first-order valence-corrected chi connectivity index (χ1v) is 2.30. The van der Waals surface area contributed by atoms with Gasteiger partial charge in [0.15, 0.2) is 7.85 Å². The average Bonchev–Trinajstić information content (AvgIpc) is 1.80. The highest BCUT2D eigenvalue weighted by Crippen LogP contribution is 1.86. The van der Waals surface area contributed by atoms with Crippen LogP contribution in [0, 0.1) is 0 Å². The van der Waals surface area contributed by atoms with Crippen LogP contribution in [-0.4, -0.2) is 7.85 Å². The van der Waals surface area contributed by atoms with Crippen LogP contribution >= 0.6 is 0 Å². The van der Waals surface area contributed by atoms with Gasteiger partial charge in [-0.05, 0) is 0 Å². The van der Waals surface area contributed by atoms with Crippen molar-refractivity contribution >= 4 is 7.85 Å². The first-order chi connectivity index (χ1) is 4.27. The average molecular weight is 122 g/mol. The molecule has 0 aliphatic rings. The van der Waals surface area contributed by atoms with Crippen molar-refractivity contribution in [2.75, 3.05) is 0 Å². The summed E-state index contributed by atoms with van der Waals surface area (Å²) in [6.45, 7) is 6.57. The Kier molecular flexibility index (Phi) is 4.41. The maximum absolute atomic E-state index is 5.03. The van der Waals surface area contributed by atoms with E-state index in [2.05, 4.69) is 22.6 Å². The van der Waals surface area contributed by atoms with E-state index in [-0.39, 0.29) is 5.66 Å². The second-order valence-electron chi connectivity index (χ2n) is 1.16. The molecule has 0 fully saturated rings. The van der Waals surface area contributed by atoms with Gasteiger partial charge in [-0.3, -0.25) is 0 Å². The lowest BCUT2D eigenvalue weighted by Gasteiger charge is -1.94. The van der Waals surface area contributed by atoms with E-state index >= 15 is 0 Å². The minimum atomic E-state index is 0.124. The van der Waals surface area contributed by atoms with Gasteiger partial charge in [0.2, 0.25) is 0 Å². The molecule has 46 valence electrons. The predicted octanol–water partition coefficient (Wildman–Crippen LogP) is 1.27. The van der Waals surface area contributed by atoms with Gasteiger partial charge in [-0.15, -0.1) is 0 Å². The molecule has 0 bridgehead atoms. The Labute approximate surface area is 55.9 Å². The Morgan fingerprint density at radius 1 is 1.44 bits per heavy atom. The van der Waals surface area contributed by atoms with Crippen molar-refractivity contribution in [3.8, 4) is 0 Å². The fourth-order valence-corrected chi connectivity index (χ4v) is 0.203. The van der Waals surface area contributed by atoms with Crippen LogP contribution in [0.1, 0.15) is 0 Å². The molecule has 0 unspecified atom stereocenters. The smallest absolute Gasteiger partial charge is 0.166 e. The zero-order valence-corrected chi connectivity index (χ0v) is 5.04. The third kappa shape index (κ3) is 6.88. The summed E-state index contributed by atoms with van der Waals surface area (Å²) in [5, 5.41) is 0. The van der Waals surface area contributed by atoms with E-state index in [0.29, 0.717) is 0 Å². The highest BCUT2D eigenvalue weighted by atomic mass is 16.5. The fourth-order valence-electron chi connectivity index (χ4n) is 0.203. The molecule has 0 saturated carbocycles. The van der Waals surface area contributed by atoms with Crippen molar-refractivity contribution in [1.29, 1.82) is 0 Å². The van der Waals surface area contributed by atoms with Crippen LogP contribution in [0.15, 0.2) is 37.6 Å². The Bertz CT molecular complexity index is 129. The van der Waals surface area contributed by atoms with Gasteiger partial charge < -0.3 is 9.47 Å². The molecule has 0 aromatic carbocycles. The Morgan fingerprint density at radius 3 is 2.56 bits per heavy atom. The molecule has 0 N–H and O–H groups in total. The Morgan fingerprint density at radius 2 is 2.11 bits per heavy atom. The van der Waals surface area contributed by atoms with Crippen molar-refractivity contribution in [1.82, 2.24) is 0 Å². The van der Waals surface area contributed by atoms with Gasteiger partial charge in [0, 0.05) is 5.66 Å². The van der Waals surface area contributed by atoms with E-state index in [1.807, 2.05) is 0 Å². The topological polar surface area (TPSA) is 18.5 Å². The number of hydrogen-bond acceptors (Lipinski definition) is 2. The minimum absolute atomic E-state index is 0.124. The molecule has 0 aromatic rings. The summed E-state index contributed by atoms with van der Waals surface area (Å²) >= 11 is 0. The van der Waals surface area contributed by atoms with Crippen molar-refractivity contribution < 1.29 is 9.47 Å². The van der Waals surface area contributed by atoms with Crippen molar-refractivity contribution in [3.63, 3.8) is 0 Å². The summed E-state index contributed by atoms with van der Waals surface area (Å²) in [6.07, 6.45) is 3.83. The summed E-state index contributed by atoms with van der Waals surface area (Å²) < 4.78 is 9.12. The lowest BCUT2D eigenvalue weighted by molar-refractivity contribution is 0.337. The maximum Gasteiger partial charge on any atom is 0.166 e. The normalized spacial score (nSPS) is 8.89. The molecule has 0 aromatic heterocycles. The molecule has 3 heteroatoms. The summed E-state index contributed by atoms with van der Waals surface area (Å²) in [6, 6.07) is 0. The van der Waals surface area contributed by atoms with Gasteiger partial charge in [0.25, 0.3) is 0 Å². The third-order valence-corrected chi connectivity index (χ3v) is 0.450. The maximum atomic E-state index is 5.03. The monoisotopic (exact) mass is 122 g/mol. The zero-order valence-electron chi connectivity index (χ0n) is 5.04. The number of hydrogen-bond donors (Lipinski definition) is 0. The van der Waals surface area contributed by atoms with Crippen LogP contribution in [0.4, 0.5) is 0 Å². The highest BCUT2D eigenvalue weighted by molar-refractivity contribution is 6.19. The summed E-state index contributed by atoms with van der Waals surface area (Å²) in [4.78, 5) is 0. The van der Waals surface area contributed by atoms with E-state index in [9.17, 15) is 0 Å². The van der Waals surface area contributed by atoms with E-state index in [1.165, 1.54) is 18.8 Å². The Balaban J connectivity index is 3.24. The molecule has 0 atom stereocenters. The first-order valence-electron chi connectivity index (χ1n) is 2.30. The first kappa shape index (κ1) is 7.88. The quantitative estimate of drug-likeness (QED) is 0.412. The highest BCUT2D eigenvalue weighted by Gasteiger charge is 1.74. The molecular weight excluding hydrogens is 115 g/mol. The van der Waals surface area contributed by atoms with Crippen molar-refractivity contribution in [2.45, 2.75) is 0 Å². The number of rotatable bonds is 4. The lowest BCUT2D eigenvalue weighted by atomic mass is 10.1. The standard InChI is InChI=1S/C6H7BO2/c1-3-8-4-5-9-6(2)7/h3-5H,1-2H2/b5-4+. The lowest BCUT2D eigenvalue weighted by Crippen LogP contribution is -1.78. The molecule has 0 saturated heterocycles. The van der Waals surface area contributed by atoms with Crippen molar-refractivity contribution in [2.24, 2.45) is 0 Å². The molecule has 0 rings (SSSR count). The van der Waals surface area contributed by atoms with E-state index < -0.39 is 0 Å². The van der Waals surface area contributed by atoms with Gasteiger partial charge >= 0.3 is 0 Å². The largest absolute Gasteiger partial charge is 0.478 e. The van der Waals surface area contributed by atoms with Crippen LogP contribution < -0.4 is 0 Å². The van der Waals surface area contributed by atoms with Crippen LogP contribution in [-0.2, 0) is 9.47 Å².